The van der Waals surface area contributed by atoms with Crippen molar-refractivity contribution in [3.63, 3.8) is 0 Å². The monoisotopic (exact) mass is 280 g/mol. The summed E-state index contributed by atoms with van der Waals surface area (Å²) in [6.07, 6.45) is 0.648. The van der Waals surface area contributed by atoms with E-state index in [0.29, 0.717) is 12.2 Å². The standard InChI is InChI=1S/C13H20N4O3/c1-13(2,3)7-8(6-11(18)19)15-10-5-4-9(12(14)20)16-17-10/h4-5,8H,6-7H2,1-3H3,(H2,14,20)(H,15,17)(H,18,19). The van der Waals surface area contributed by atoms with Crippen molar-refractivity contribution in [3.05, 3.63) is 17.8 Å². The molecule has 0 saturated carbocycles. The lowest BCUT2D eigenvalue weighted by molar-refractivity contribution is -0.137. The Hall–Kier alpha value is -2.18. The lowest BCUT2D eigenvalue weighted by Gasteiger charge is -2.26. The molecule has 7 nitrogen and oxygen atoms in total. The largest absolute Gasteiger partial charge is 0.481 e. The molecule has 1 aromatic rings. The first kappa shape index (κ1) is 15.9. The Labute approximate surface area is 117 Å². The minimum atomic E-state index is -0.881. The number of anilines is 1. The number of primary amides is 1. The highest BCUT2D eigenvalue weighted by atomic mass is 16.4. The van der Waals surface area contributed by atoms with Crippen molar-refractivity contribution in [1.82, 2.24) is 10.2 Å². The van der Waals surface area contributed by atoms with Crippen molar-refractivity contribution in [2.75, 3.05) is 5.32 Å². The van der Waals surface area contributed by atoms with E-state index in [0.717, 1.165) is 0 Å². The molecule has 7 heteroatoms. The summed E-state index contributed by atoms with van der Waals surface area (Å²) in [5, 5.41) is 19.5. The molecule has 0 radical (unpaired) electrons. The third-order valence-electron chi connectivity index (χ3n) is 2.55. The smallest absolute Gasteiger partial charge is 0.305 e. The van der Waals surface area contributed by atoms with Crippen LogP contribution in [0.5, 0.6) is 0 Å². The van der Waals surface area contributed by atoms with Crippen molar-refractivity contribution in [2.24, 2.45) is 11.1 Å². The summed E-state index contributed by atoms with van der Waals surface area (Å²) in [7, 11) is 0. The van der Waals surface area contributed by atoms with Crippen LogP contribution in [0.25, 0.3) is 0 Å². The molecule has 0 aliphatic carbocycles. The number of carboxylic acid groups (broad SMARTS) is 1. The van der Waals surface area contributed by atoms with Crippen LogP contribution >= 0.6 is 0 Å². The van der Waals surface area contributed by atoms with Crippen LogP contribution in [0.1, 0.15) is 44.1 Å². The first-order valence-electron chi connectivity index (χ1n) is 6.29. The molecule has 0 fully saturated rings. The molecule has 0 aromatic carbocycles. The van der Waals surface area contributed by atoms with Gasteiger partial charge in [0.1, 0.15) is 5.82 Å². The van der Waals surface area contributed by atoms with Crippen LogP contribution in [0.4, 0.5) is 5.82 Å². The maximum atomic E-state index is 10.9. The van der Waals surface area contributed by atoms with Gasteiger partial charge in [0.25, 0.3) is 5.91 Å². The highest BCUT2D eigenvalue weighted by Crippen LogP contribution is 2.24. The number of amides is 1. The van der Waals surface area contributed by atoms with Gasteiger partial charge in [-0.3, -0.25) is 9.59 Å². The second-order valence-electron chi connectivity index (χ2n) is 5.87. The molecule has 1 heterocycles. The summed E-state index contributed by atoms with van der Waals surface area (Å²) in [4.78, 5) is 21.8. The summed E-state index contributed by atoms with van der Waals surface area (Å²) in [6, 6.07) is 2.75. The van der Waals surface area contributed by atoms with Crippen LogP contribution in [0, 0.1) is 5.41 Å². The van der Waals surface area contributed by atoms with E-state index in [-0.39, 0.29) is 23.6 Å². The van der Waals surface area contributed by atoms with Gasteiger partial charge in [-0.25, -0.2) is 0 Å². The van der Waals surface area contributed by atoms with Gasteiger partial charge in [0.05, 0.1) is 6.42 Å². The molecule has 1 amide bonds. The second-order valence-corrected chi connectivity index (χ2v) is 5.87. The number of nitrogens with two attached hydrogens (primary N) is 1. The number of hydrogen-bond donors (Lipinski definition) is 3. The number of aliphatic carboxylic acids is 1. The van der Waals surface area contributed by atoms with Crippen molar-refractivity contribution in [2.45, 2.75) is 39.7 Å². The van der Waals surface area contributed by atoms with E-state index in [1.807, 2.05) is 20.8 Å². The fourth-order valence-electron chi connectivity index (χ4n) is 1.87. The Kier molecular flexibility index (Phi) is 5.01. The highest BCUT2D eigenvalue weighted by Gasteiger charge is 2.21. The number of carbonyl (C=O) groups excluding carboxylic acids is 1. The Balaban J connectivity index is 2.78. The fraction of sp³-hybridized carbons (Fsp3) is 0.538. The van der Waals surface area contributed by atoms with Crippen LogP contribution in [-0.4, -0.2) is 33.2 Å². The Morgan fingerprint density at radius 2 is 2.00 bits per heavy atom. The number of carboxylic acids is 1. The molecule has 0 spiro atoms. The molecular formula is C13H20N4O3. The average molecular weight is 280 g/mol. The topological polar surface area (TPSA) is 118 Å². The van der Waals surface area contributed by atoms with Crippen LogP contribution in [-0.2, 0) is 4.79 Å². The zero-order chi connectivity index (χ0) is 15.3. The number of carbonyl (C=O) groups is 2. The molecule has 0 saturated heterocycles. The molecule has 1 aromatic heterocycles. The molecule has 20 heavy (non-hydrogen) atoms. The summed E-state index contributed by atoms with van der Waals surface area (Å²) >= 11 is 0. The third-order valence-corrected chi connectivity index (χ3v) is 2.55. The van der Waals surface area contributed by atoms with Crippen molar-refractivity contribution >= 4 is 17.7 Å². The second kappa shape index (κ2) is 6.31. The van der Waals surface area contributed by atoms with E-state index in [4.69, 9.17) is 10.8 Å². The number of hydrogen-bond acceptors (Lipinski definition) is 5. The van der Waals surface area contributed by atoms with Crippen molar-refractivity contribution in [1.29, 1.82) is 0 Å². The molecule has 4 N–H and O–H groups in total. The molecule has 0 bridgehead atoms. The van der Waals surface area contributed by atoms with Gasteiger partial charge in [0, 0.05) is 6.04 Å². The van der Waals surface area contributed by atoms with Crippen molar-refractivity contribution in [3.8, 4) is 0 Å². The van der Waals surface area contributed by atoms with Gasteiger partial charge in [-0.05, 0) is 24.0 Å². The molecule has 1 unspecified atom stereocenters. The SMILES string of the molecule is CC(C)(C)CC(CC(=O)O)Nc1ccc(C(N)=O)nn1. The maximum absolute atomic E-state index is 10.9. The van der Waals surface area contributed by atoms with Crippen LogP contribution < -0.4 is 11.1 Å². The molecular weight excluding hydrogens is 260 g/mol. The summed E-state index contributed by atoms with van der Waals surface area (Å²) in [5.74, 6) is -1.11. The van der Waals surface area contributed by atoms with E-state index < -0.39 is 11.9 Å². The Morgan fingerprint density at radius 1 is 1.35 bits per heavy atom. The number of rotatable bonds is 6. The summed E-state index contributed by atoms with van der Waals surface area (Å²) in [5.41, 5.74) is 5.13. The maximum Gasteiger partial charge on any atom is 0.305 e. The van der Waals surface area contributed by atoms with Gasteiger partial charge in [-0.2, -0.15) is 0 Å². The number of aromatic nitrogens is 2. The van der Waals surface area contributed by atoms with Gasteiger partial charge in [0.2, 0.25) is 0 Å². The van der Waals surface area contributed by atoms with Crippen LogP contribution in [0.3, 0.4) is 0 Å². The minimum absolute atomic E-state index is 0.0173. The van der Waals surface area contributed by atoms with Crippen LogP contribution in [0.15, 0.2) is 12.1 Å². The number of nitrogens with one attached hydrogen (secondary N) is 1. The average Bonchev–Trinajstić information content (AvgIpc) is 2.26. The molecule has 0 aliphatic rings. The first-order chi connectivity index (χ1) is 9.17. The highest BCUT2D eigenvalue weighted by molar-refractivity contribution is 5.90. The van der Waals surface area contributed by atoms with Crippen molar-refractivity contribution < 1.29 is 14.7 Å². The van der Waals surface area contributed by atoms with Gasteiger partial charge in [-0.15, -0.1) is 10.2 Å². The Morgan fingerprint density at radius 3 is 2.40 bits per heavy atom. The predicted octanol–water partition coefficient (Wildman–Crippen LogP) is 1.27. The van der Waals surface area contributed by atoms with Gasteiger partial charge in [0.15, 0.2) is 5.69 Å². The molecule has 110 valence electrons. The van der Waals surface area contributed by atoms with Crippen LogP contribution in [0.2, 0.25) is 0 Å². The lowest BCUT2D eigenvalue weighted by atomic mass is 9.87. The number of nitrogens with zero attached hydrogens (tertiary/aromatic N) is 2. The summed E-state index contributed by atoms with van der Waals surface area (Å²) < 4.78 is 0. The van der Waals surface area contributed by atoms with E-state index in [2.05, 4.69) is 15.5 Å². The molecule has 0 aliphatic heterocycles. The predicted molar refractivity (Wildman–Crippen MR) is 74.3 cm³/mol. The Bertz CT molecular complexity index is 479. The zero-order valence-electron chi connectivity index (χ0n) is 11.9. The van der Waals surface area contributed by atoms with E-state index >= 15 is 0 Å². The quantitative estimate of drug-likeness (QED) is 0.722. The van der Waals surface area contributed by atoms with Gasteiger partial charge >= 0.3 is 5.97 Å². The third kappa shape index (κ3) is 5.64. The molecule has 1 atom stereocenters. The van der Waals surface area contributed by atoms with Gasteiger partial charge < -0.3 is 16.2 Å². The normalized spacial score (nSPS) is 12.8. The first-order valence-corrected chi connectivity index (χ1v) is 6.29. The van der Waals surface area contributed by atoms with E-state index in [1.54, 1.807) is 6.07 Å². The molecule has 1 rings (SSSR count). The fourth-order valence-corrected chi connectivity index (χ4v) is 1.87. The minimum Gasteiger partial charge on any atom is -0.481 e. The summed E-state index contributed by atoms with van der Waals surface area (Å²) in [6.45, 7) is 6.10. The van der Waals surface area contributed by atoms with E-state index in [9.17, 15) is 9.59 Å². The lowest BCUT2D eigenvalue weighted by Crippen LogP contribution is -2.29. The van der Waals surface area contributed by atoms with E-state index in [1.165, 1.54) is 6.07 Å². The zero-order valence-corrected chi connectivity index (χ0v) is 11.9. The van der Waals surface area contributed by atoms with Gasteiger partial charge in [-0.1, -0.05) is 20.8 Å².